The fourth-order valence-corrected chi connectivity index (χ4v) is 9.11. The predicted octanol–water partition coefficient (Wildman–Crippen LogP) is 6.57. The number of carbonyl (C=O) groups excluding carboxylic acids is 2. The van der Waals surface area contributed by atoms with Gasteiger partial charge in [0.25, 0.3) is 5.60 Å². The molecule has 3 aromatic carbocycles. The van der Waals surface area contributed by atoms with Crippen LogP contribution in [-0.4, -0.2) is 102 Å². The van der Waals surface area contributed by atoms with E-state index in [9.17, 15) is 57.5 Å². The van der Waals surface area contributed by atoms with Crippen LogP contribution in [-0.2, 0) is 38.6 Å². The van der Waals surface area contributed by atoms with E-state index in [0.29, 0.717) is 24.3 Å². The van der Waals surface area contributed by atoms with E-state index in [1.807, 2.05) is 0 Å². The monoisotopic (exact) mass is 831 g/mol. The third-order valence-electron chi connectivity index (χ3n) is 10.3. The molecule has 2 saturated heterocycles. The number of halogens is 9. The van der Waals surface area contributed by atoms with Gasteiger partial charge in [-0.15, -0.1) is 0 Å². The van der Waals surface area contributed by atoms with E-state index in [-0.39, 0.29) is 60.2 Å². The molecule has 3 heterocycles. The van der Waals surface area contributed by atoms with E-state index < -0.39 is 86.7 Å². The Bertz CT molecular complexity index is 2220. The van der Waals surface area contributed by atoms with Gasteiger partial charge in [0.2, 0.25) is 5.91 Å². The zero-order chi connectivity index (χ0) is 41.7. The summed E-state index contributed by atoms with van der Waals surface area (Å²) in [7, 11) is -2.98. The standard InChI is InChI=1S/C37H34F9N5O5S/c1-22(52)49-12-14-50(15-13-49)34(53)51-19-28(33(20-51)57(54,55)26-10-11-32(40)27(16-26)24-17-47-48(2)18-24)23-6-8-25(9-7-23)35(36(41,42)43,37(44,45)46)56-21-29-30(38)4-3-5-31(29)39/h3-11,16-18,28,33H,12-15,19-21H2,1-2H3/t28-,33+/m0/s1. The summed E-state index contributed by atoms with van der Waals surface area (Å²) in [6.07, 6.45) is -9.70. The van der Waals surface area contributed by atoms with E-state index in [1.54, 1.807) is 7.05 Å². The molecule has 2 atom stereocenters. The van der Waals surface area contributed by atoms with Crippen LogP contribution in [0.1, 0.15) is 29.5 Å². The highest BCUT2D eigenvalue weighted by atomic mass is 32.2. The molecule has 4 aromatic rings. The highest BCUT2D eigenvalue weighted by Gasteiger charge is 2.73. The van der Waals surface area contributed by atoms with Gasteiger partial charge in [-0.3, -0.25) is 9.48 Å². The zero-order valence-electron chi connectivity index (χ0n) is 30.1. The van der Waals surface area contributed by atoms with Gasteiger partial charge in [-0.2, -0.15) is 31.4 Å². The number of urea groups is 1. The molecule has 0 spiro atoms. The molecule has 2 fully saturated rings. The minimum absolute atomic E-state index is 0.0722. The number of sulfone groups is 1. The molecule has 3 amide bonds. The number of benzene rings is 3. The number of rotatable bonds is 8. The quantitative estimate of drug-likeness (QED) is 0.147. The van der Waals surface area contributed by atoms with E-state index in [4.69, 9.17) is 0 Å². The summed E-state index contributed by atoms with van der Waals surface area (Å²) in [6.45, 7) is -0.623. The molecule has 2 aliphatic heterocycles. The summed E-state index contributed by atoms with van der Waals surface area (Å²) in [5, 5.41) is 2.45. The first-order chi connectivity index (χ1) is 26.7. The number of hydrogen-bond acceptors (Lipinski definition) is 6. The molecule has 6 rings (SSSR count). The maximum atomic E-state index is 15.0. The summed E-state index contributed by atoms with van der Waals surface area (Å²) < 4.78 is 166. The second kappa shape index (κ2) is 15.3. The van der Waals surface area contributed by atoms with Gasteiger partial charge in [0.15, 0.2) is 9.84 Å². The summed E-state index contributed by atoms with van der Waals surface area (Å²) >= 11 is 0. The second-order valence-corrected chi connectivity index (χ2v) is 15.9. The smallest absolute Gasteiger partial charge is 0.349 e. The third-order valence-corrected chi connectivity index (χ3v) is 12.4. The first-order valence-corrected chi connectivity index (χ1v) is 18.8. The van der Waals surface area contributed by atoms with Crippen LogP contribution in [0.4, 0.5) is 44.3 Å². The van der Waals surface area contributed by atoms with Crippen LogP contribution in [0.2, 0.25) is 0 Å². The minimum atomic E-state index is -6.22. The summed E-state index contributed by atoms with van der Waals surface area (Å²) in [5.74, 6) is -5.11. The number of amides is 3. The molecular weight excluding hydrogens is 797 g/mol. The van der Waals surface area contributed by atoms with Gasteiger partial charge in [-0.25, -0.2) is 26.4 Å². The van der Waals surface area contributed by atoms with Crippen molar-refractivity contribution in [1.29, 1.82) is 0 Å². The third kappa shape index (κ3) is 7.80. The van der Waals surface area contributed by atoms with Crippen LogP contribution in [0.3, 0.4) is 0 Å². The predicted molar refractivity (Wildman–Crippen MR) is 184 cm³/mol. The minimum Gasteiger partial charge on any atom is -0.349 e. The Labute approximate surface area is 320 Å². The van der Waals surface area contributed by atoms with Gasteiger partial charge < -0.3 is 19.4 Å². The number of aryl methyl sites for hydroxylation is 1. The van der Waals surface area contributed by atoms with Crippen molar-refractivity contribution in [3.05, 3.63) is 107 Å². The highest BCUT2D eigenvalue weighted by Crippen LogP contribution is 2.54. The lowest BCUT2D eigenvalue weighted by Crippen LogP contribution is -2.55. The molecule has 0 aliphatic carbocycles. The molecule has 10 nitrogen and oxygen atoms in total. The number of carbonyl (C=O) groups is 2. The average Bonchev–Trinajstić information content (AvgIpc) is 3.79. The van der Waals surface area contributed by atoms with E-state index >= 15 is 0 Å². The van der Waals surface area contributed by atoms with E-state index in [2.05, 4.69) is 9.84 Å². The fraction of sp³-hybridized carbons (Fsp3) is 0.378. The molecule has 0 radical (unpaired) electrons. The van der Waals surface area contributed by atoms with Crippen molar-refractivity contribution in [2.75, 3.05) is 39.3 Å². The van der Waals surface area contributed by atoms with Crippen molar-refractivity contribution in [1.82, 2.24) is 24.5 Å². The fourth-order valence-electron chi connectivity index (χ4n) is 7.17. The van der Waals surface area contributed by atoms with Crippen LogP contribution < -0.4 is 0 Å². The maximum Gasteiger partial charge on any atom is 0.430 e. The Kier molecular flexibility index (Phi) is 11.2. The van der Waals surface area contributed by atoms with E-state index in [1.165, 1.54) is 38.7 Å². The Morgan fingerprint density at radius 3 is 1.95 bits per heavy atom. The molecule has 1 aromatic heterocycles. The van der Waals surface area contributed by atoms with Gasteiger partial charge in [0, 0.05) is 87.6 Å². The number of ether oxygens (including phenoxy) is 1. The number of hydrogen-bond donors (Lipinski definition) is 0. The number of likely N-dealkylation sites (tertiary alicyclic amines) is 1. The summed E-state index contributed by atoms with van der Waals surface area (Å²) in [4.78, 5) is 29.3. The van der Waals surface area contributed by atoms with Crippen LogP contribution in [0.15, 0.2) is 78.0 Å². The first-order valence-electron chi connectivity index (χ1n) is 17.3. The Morgan fingerprint density at radius 1 is 0.807 bits per heavy atom. The average molecular weight is 832 g/mol. The molecule has 0 bridgehead atoms. The highest BCUT2D eigenvalue weighted by molar-refractivity contribution is 7.92. The SMILES string of the molecule is CC(=O)N1CCN(C(=O)N2C[C@@H](S(=O)(=O)c3ccc(F)c(-c4cnn(C)c4)c3)[C@H](c3ccc(C(OCc4c(F)cccc4F)(C(F)(F)F)C(F)(F)F)cc3)C2)CC1. The summed E-state index contributed by atoms with van der Waals surface area (Å²) in [6, 6.07) is 7.07. The van der Waals surface area contributed by atoms with Crippen LogP contribution >= 0.6 is 0 Å². The number of nitrogens with zero attached hydrogens (tertiary/aromatic N) is 5. The molecule has 0 N–H and O–H groups in total. The Hall–Kier alpha value is -5.11. The van der Waals surface area contributed by atoms with Gasteiger partial charge in [0.1, 0.15) is 17.5 Å². The topological polar surface area (TPSA) is 105 Å². The number of piperazine rings is 1. The molecule has 20 heteroatoms. The lowest BCUT2D eigenvalue weighted by Gasteiger charge is -2.37. The van der Waals surface area contributed by atoms with Crippen LogP contribution in [0.5, 0.6) is 0 Å². The van der Waals surface area contributed by atoms with Crippen LogP contribution in [0.25, 0.3) is 11.1 Å². The first kappa shape index (κ1) is 41.5. The summed E-state index contributed by atoms with van der Waals surface area (Å²) in [5.41, 5.74) is -7.73. The van der Waals surface area contributed by atoms with Gasteiger partial charge in [-0.05, 0) is 35.9 Å². The maximum absolute atomic E-state index is 15.0. The van der Waals surface area contributed by atoms with Crippen molar-refractivity contribution in [3.63, 3.8) is 0 Å². The molecule has 57 heavy (non-hydrogen) atoms. The van der Waals surface area contributed by atoms with Crippen molar-refractivity contribution >= 4 is 21.8 Å². The Balaban J connectivity index is 1.39. The molecule has 0 saturated carbocycles. The normalized spacial score (nSPS) is 18.3. The second-order valence-electron chi connectivity index (χ2n) is 13.7. The lowest BCUT2D eigenvalue weighted by atomic mass is 9.88. The van der Waals surface area contributed by atoms with Gasteiger partial charge in [0.05, 0.1) is 22.9 Å². The van der Waals surface area contributed by atoms with Gasteiger partial charge in [-0.1, -0.05) is 30.3 Å². The molecule has 306 valence electrons. The van der Waals surface area contributed by atoms with Gasteiger partial charge >= 0.3 is 18.4 Å². The van der Waals surface area contributed by atoms with Crippen molar-refractivity contribution in [2.24, 2.45) is 7.05 Å². The van der Waals surface area contributed by atoms with Crippen LogP contribution in [0, 0.1) is 17.5 Å². The van der Waals surface area contributed by atoms with E-state index in [0.717, 1.165) is 36.4 Å². The molecular formula is C37H34F9N5O5S. The van der Waals surface area contributed by atoms with Crippen molar-refractivity contribution in [2.45, 2.75) is 47.5 Å². The molecule has 2 aliphatic rings. The largest absolute Gasteiger partial charge is 0.430 e. The van der Waals surface area contributed by atoms with Crippen molar-refractivity contribution in [3.8, 4) is 11.1 Å². The lowest BCUT2D eigenvalue weighted by molar-refractivity contribution is -0.392. The number of alkyl halides is 6. The molecule has 0 unspecified atom stereocenters. The number of aromatic nitrogens is 2. The Morgan fingerprint density at radius 2 is 1.40 bits per heavy atom. The van der Waals surface area contributed by atoms with Crippen molar-refractivity contribution < 1.29 is 62.3 Å². The zero-order valence-corrected chi connectivity index (χ0v) is 30.9.